The van der Waals surface area contributed by atoms with Crippen LogP contribution in [0.25, 0.3) is 22.6 Å². The van der Waals surface area contributed by atoms with Gasteiger partial charge in [0, 0.05) is 24.2 Å². The van der Waals surface area contributed by atoms with Gasteiger partial charge in [-0.25, -0.2) is 4.39 Å². The first-order valence-electron chi connectivity index (χ1n) is 7.31. The number of hydrogen-bond acceptors (Lipinski definition) is 3. The second-order valence-corrected chi connectivity index (χ2v) is 5.13. The first kappa shape index (κ1) is 15.7. The zero-order valence-corrected chi connectivity index (χ0v) is 12.9. The third-order valence-electron chi connectivity index (χ3n) is 3.57. The highest BCUT2D eigenvalue weighted by Crippen LogP contribution is 2.27. The second kappa shape index (κ2) is 6.50. The van der Waals surface area contributed by atoms with Crippen molar-refractivity contribution in [1.82, 2.24) is 5.32 Å². The van der Waals surface area contributed by atoms with Gasteiger partial charge in [-0.15, -0.1) is 0 Å². The summed E-state index contributed by atoms with van der Waals surface area (Å²) in [6, 6.07) is 15.8. The van der Waals surface area contributed by atoms with Crippen LogP contribution < -0.4 is 10.7 Å². The summed E-state index contributed by atoms with van der Waals surface area (Å²) in [5, 5.41) is 2.43. The summed E-state index contributed by atoms with van der Waals surface area (Å²) in [5.41, 5.74) is 0.592. The van der Waals surface area contributed by atoms with Gasteiger partial charge in [0.15, 0.2) is 11.2 Å². The molecule has 0 radical (unpaired) electrons. The molecule has 1 aromatic heterocycles. The molecule has 0 aliphatic rings. The molecule has 0 unspecified atom stereocenters. The molecule has 0 saturated heterocycles. The summed E-state index contributed by atoms with van der Waals surface area (Å²) in [5.74, 6) is -0.516. The molecule has 3 rings (SSSR count). The first-order valence-corrected chi connectivity index (χ1v) is 7.31. The van der Waals surface area contributed by atoms with Crippen LogP contribution in [0.3, 0.4) is 0 Å². The molecular weight excluding hydrogens is 309 g/mol. The van der Waals surface area contributed by atoms with Gasteiger partial charge in [-0.2, -0.15) is 0 Å². The summed E-state index contributed by atoms with van der Waals surface area (Å²) in [7, 11) is 1.43. The highest BCUT2D eigenvalue weighted by Gasteiger charge is 2.20. The minimum atomic E-state index is -0.553. The smallest absolute Gasteiger partial charge is 0.258 e. The number of carbonyl (C=O) groups excluding carboxylic acids is 1. The fourth-order valence-corrected chi connectivity index (χ4v) is 2.38. The minimum Gasteiger partial charge on any atom is -0.455 e. The van der Waals surface area contributed by atoms with Gasteiger partial charge < -0.3 is 9.73 Å². The van der Waals surface area contributed by atoms with Gasteiger partial charge in [0.1, 0.15) is 17.1 Å². The van der Waals surface area contributed by atoms with E-state index < -0.39 is 17.2 Å². The van der Waals surface area contributed by atoms with Gasteiger partial charge >= 0.3 is 0 Å². The number of hydrogen-bond donors (Lipinski definition) is 1. The molecule has 120 valence electrons. The number of amides is 1. The van der Waals surface area contributed by atoms with Crippen LogP contribution >= 0.6 is 0 Å². The van der Waals surface area contributed by atoms with Crippen LogP contribution in [0.5, 0.6) is 0 Å². The van der Waals surface area contributed by atoms with Crippen LogP contribution in [0.4, 0.5) is 4.39 Å². The Balaban J connectivity index is 2.27. The highest BCUT2D eigenvalue weighted by atomic mass is 19.1. The second-order valence-electron chi connectivity index (χ2n) is 5.13. The van der Waals surface area contributed by atoms with Crippen molar-refractivity contribution in [2.24, 2.45) is 0 Å². The van der Waals surface area contributed by atoms with Gasteiger partial charge in [0.05, 0.1) is 0 Å². The molecule has 1 heterocycles. The third-order valence-corrected chi connectivity index (χ3v) is 3.57. The normalized spacial score (nSPS) is 10.4. The Bertz CT molecular complexity index is 931. The maximum absolute atomic E-state index is 13.2. The molecule has 24 heavy (non-hydrogen) atoms. The summed E-state index contributed by atoms with van der Waals surface area (Å²) < 4.78 is 19.0. The van der Waals surface area contributed by atoms with Crippen LogP contribution in [0.15, 0.2) is 69.9 Å². The predicted octanol–water partition coefficient (Wildman–Crippen LogP) is 3.47. The van der Waals surface area contributed by atoms with E-state index in [9.17, 15) is 14.0 Å². The number of rotatable bonds is 3. The molecule has 1 amide bonds. The number of halogens is 1. The van der Waals surface area contributed by atoms with E-state index in [4.69, 9.17) is 4.42 Å². The lowest BCUT2D eigenvalue weighted by atomic mass is 10.0. The van der Waals surface area contributed by atoms with E-state index in [1.807, 2.05) is 18.2 Å². The SMILES string of the molecule is CNC(=O)c1c(-c2ccc(F)cc2)oc(-c2ccccc2)cc1=O. The number of carbonyl (C=O) groups is 1. The quantitative estimate of drug-likeness (QED) is 0.803. The van der Waals surface area contributed by atoms with E-state index >= 15 is 0 Å². The Morgan fingerprint density at radius 1 is 1.00 bits per heavy atom. The standard InChI is InChI=1S/C19H14FNO3/c1-21-19(23)17-15(22)11-16(12-5-3-2-4-6-12)24-18(17)13-7-9-14(20)10-8-13/h2-11H,1H3,(H,21,23). The van der Waals surface area contributed by atoms with Crippen molar-refractivity contribution in [3.63, 3.8) is 0 Å². The Labute approximate surface area is 137 Å². The highest BCUT2D eigenvalue weighted by molar-refractivity contribution is 5.99. The van der Waals surface area contributed by atoms with Crippen molar-refractivity contribution < 1.29 is 13.6 Å². The van der Waals surface area contributed by atoms with Gasteiger partial charge in [-0.3, -0.25) is 9.59 Å². The predicted molar refractivity (Wildman–Crippen MR) is 89.2 cm³/mol. The molecule has 0 fully saturated rings. The van der Waals surface area contributed by atoms with Crippen LogP contribution in [0, 0.1) is 5.82 Å². The summed E-state index contributed by atoms with van der Waals surface area (Å²) in [4.78, 5) is 24.6. The van der Waals surface area contributed by atoms with Crippen molar-refractivity contribution in [2.75, 3.05) is 7.05 Å². The lowest BCUT2D eigenvalue weighted by Gasteiger charge is -2.10. The molecule has 0 bridgehead atoms. The minimum absolute atomic E-state index is 0.108. The molecule has 5 heteroatoms. The zero-order valence-electron chi connectivity index (χ0n) is 12.9. The maximum atomic E-state index is 13.2. The average molecular weight is 323 g/mol. The molecular formula is C19H14FNO3. The van der Waals surface area contributed by atoms with Crippen molar-refractivity contribution >= 4 is 5.91 Å². The first-order chi connectivity index (χ1) is 11.6. The molecule has 0 spiro atoms. The van der Waals surface area contributed by atoms with Crippen molar-refractivity contribution in [3.8, 4) is 22.6 Å². The van der Waals surface area contributed by atoms with Crippen LogP contribution in [-0.4, -0.2) is 13.0 Å². The van der Waals surface area contributed by atoms with Crippen molar-refractivity contribution in [3.05, 3.63) is 82.3 Å². The number of benzene rings is 2. The Kier molecular flexibility index (Phi) is 4.24. The monoisotopic (exact) mass is 323 g/mol. The topological polar surface area (TPSA) is 59.3 Å². The van der Waals surface area contributed by atoms with E-state index in [-0.39, 0.29) is 11.3 Å². The molecule has 0 aliphatic carbocycles. The Morgan fingerprint density at radius 3 is 2.29 bits per heavy atom. The maximum Gasteiger partial charge on any atom is 0.258 e. The molecule has 0 aliphatic heterocycles. The van der Waals surface area contributed by atoms with Gasteiger partial charge in [-0.1, -0.05) is 30.3 Å². The molecule has 4 nitrogen and oxygen atoms in total. The molecule has 0 saturated carbocycles. The molecule has 0 atom stereocenters. The zero-order chi connectivity index (χ0) is 17.1. The fourth-order valence-electron chi connectivity index (χ4n) is 2.38. The summed E-state index contributed by atoms with van der Waals surface area (Å²) in [6.45, 7) is 0. The van der Waals surface area contributed by atoms with E-state index in [1.165, 1.54) is 37.4 Å². The summed E-state index contributed by atoms with van der Waals surface area (Å²) in [6.07, 6.45) is 0. The largest absolute Gasteiger partial charge is 0.455 e. The van der Waals surface area contributed by atoms with Gasteiger partial charge in [0.25, 0.3) is 5.91 Å². The van der Waals surface area contributed by atoms with Crippen molar-refractivity contribution in [1.29, 1.82) is 0 Å². The fraction of sp³-hybridized carbons (Fsp3) is 0.0526. The molecule has 3 aromatic rings. The number of nitrogens with one attached hydrogen (secondary N) is 1. The molecule has 1 N–H and O–H groups in total. The van der Waals surface area contributed by atoms with Crippen LogP contribution in [0.1, 0.15) is 10.4 Å². The average Bonchev–Trinajstić information content (AvgIpc) is 2.62. The summed E-state index contributed by atoms with van der Waals surface area (Å²) >= 11 is 0. The van der Waals surface area contributed by atoms with E-state index in [0.717, 1.165) is 0 Å². The van der Waals surface area contributed by atoms with E-state index in [2.05, 4.69) is 5.32 Å². The van der Waals surface area contributed by atoms with E-state index in [0.29, 0.717) is 16.9 Å². The van der Waals surface area contributed by atoms with Crippen molar-refractivity contribution in [2.45, 2.75) is 0 Å². The lowest BCUT2D eigenvalue weighted by Crippen LogP contribution is -2.26. The van der Waals surface area contributed by atoms with Crippen LogP contribution in [0.2, 0.25) is 0 Å². The van der Waals surface area contributed by atoms with Gasteiger partial charge in [0.2, 0.25) is 0 Å². The van der Waals surface area contributed by atoms with Gasteiger partial charge in [-0.05, 0) is 24.3 Å². The van der Waals surface area contributed by atoms with Crippen LogP contribution in [-0.2, 0) is 0 Å². The Hall–Kier alpha value is -3.21. The molecule has 2 aromatic carbocycles. The Morgan fingerprint density at radius 2 is 1.67 bits per heavy atom. The third kappa shape index (κ3) is 2.96. The lowest BCUT2D eigenvalue weighted by molar-refractivity contribution is 0.0961. The van der Waals surface area contributed by atoms with E-state index in [1.54, 1.807) is 12.1 Å².